The molecule has 3 aliphatic carbocycles. The molecule has 18 heteroatoms. The predicted molar refractivity (Wildman–Crippen MR) is 245 cm³/mol. The normalized spacial score (nSPS) is 23.5. The topological polar surface area (TPSA) is 288 Å². The van der Waals surface area contributed by atoms with E-state index in [4.69, 9.17) is 32.2 Å². The molecule has 4 aliphatic rings. The summed E-state index contributed by atoms with van der Waals surface area (Å²) in [5.74, 6) is -2.90. The third-order valence-corrected chi connectivity index (χ3v) is 13.6. The Hall–Kier alpha value is -4.43. The zero-order chi connectivity index (χ0) is 46.8. The van der Waals surface area contributed by atoms with Gasteiger partial charge in [-0.2, -0.15) is 0 Å². The monoisotopic (exact) mass is 890 g/mol. The highest BCUT2D eigenvalue weighted by Crippen LogP contribution is 2.65. The van der Waals surface area contributed by atoms with Crippen molar-refractivity contribution in [2.24, 2.45) is 40.2 Å². The fraction of sp³-hybridized carbons (Fsp3) is 0.630. The fourth-order valence-electron chi connectivity index (χ4n) is 9.44. The van der Waals surface area contributed by atoms with Gasteiger partial charge in [0.05, 0.1) is 17.8 Å². The molecule has 1 heterocycles. The molecule has 2 aromatic carbocycles. The summed E-state index contributed by atoms with van der Waals surface area (Å²) in [5.41, 5.74) is 27.1. The van der Waals surface area contributed by atoms with Crippen molar-refractivity contribution >= 4 is 36.7 Å². The van der Waals surface area contributed by atoms with Crippen molar-refractivity contribution < 1.29 is 38.4 Å². The summed E-state index contributed by atoms with van der Waals surface area (Å²) in [7, 11) is -0.896. The fourth-order valence-corrected chi connectivity index (χ4v) is 9.44. The van der Waals surface area contributed by atoms with E-state index < -0.39 is 78.7 Å². The second-order valence-corrected chi connectivity index (χ2v) is 18.6. The van der Waals surface area contributed by atoms with E-state index in [0.29, 0.717) is 56.2 Å². The number of nitrogens with one attached hydrogen (secondary N) is 5. The summed E-state index contributed by atoms with van der Waals surface area (Å²) in [6.07, 6.45) is 4.39. The van der Waals surface area contributed by atoms with E-state index in [1.807, 2.05) is 19.1 Å². The summed E-state index contributed by atoms with van der Waals surface area (Å²) < 4.78 is 12.6. The van der Waals surface area contributed by atoms with Crippen molar-refractivity contribution in [3.05, 3.63) is 59.7 Å². The molecule has 5 amide bonds. The minimum absolute atomic E-state index is 0.116. The smallest absolute Gasteiger partial charge is 0.403 e. The molecule has 4 fully saturated rings. The number of unbranched alkanes of at least 4 members (excludes halogenated alkanes) is 3. The number of benzene rings is 2. The summed E-state index contributed by atoms with van der Waals surface area (Å²) in [5, 5.41) is 23.6. The molecular formula is C46H72BN9O8. The summed E-state index contributed by atoms with van der Waals surface area (Å²) in [6, 6.07) is 10.5. The van der Waals surface area contributed by atoms with Gasteiger partial charge in [0, 0.05) is 5.56 Å². The second kappa shape index (κ2) is 22.7. The average Bonchev–Trinajstić information content (AvgIpc) is 3.64. The average molecular weight is 890 g/mol. The van der Waals surface area contributed by atoms with E-state index in [-0.39, 0.29) is 24.4 Å². The van der Waals surface area contributed by atoms with Crippen LogP contribution in [0.15, 0.2) is 48.5 Å². The Morgan fingerprint density at radius 2 is 1.33 bits per heavy atom. The number of amides is 5. The van der Waals surface area contributed by atoms with Gasteiger partial charge in [-0.1, -0.05) is 63.6 Å². The predicted octanol–water partition coefficient (Wildman–Crippen LogP) is 1.47. The van der Waals surface area contributed by atoms with E-state index in [1.165, 1.54) is 12.5 Å². The van der Waals surface area contributed by atoms with Crippen LogP contribution in [0.3, 0.4) is 0 Å². The quantitative estimate of drug-likeness (QED) is 0.0408. The van der Waals surface area contributed by atoms with Gasteiger partial charge in [0.2, 0.25) is 17.7 Å². The number of hydrogen-bond acceptors (Lipinski definition) is 12. The Kier molecular flexibility index (Phi) is 17.9. The van der Waals surface area contributed by atoms with Crippen LogP contribution in [0.1, 0.15) is 115 Å². The lowest BCUT2D eigenvalue weighted by molar-refractivity contribution is -0.199. The molecule has 10 atom stereocenters. The van der Waals surface area contributed by atoms with Crippen molar-refractivity contribution in [3.63, 3.8) is 0 Å². The SMILES string of the molecule is CCCCc1ccc(-c2ccc(C(=O)N[C@@H](CCCCN)C(=O)N[C@H](C(=O)N[C@@H](N)C(=O)N[C@@H](CCCCN)C(=O)N[C@@H](N)B3OC4C[C@@H]5C[C@@H](C5(C)C)[C@]4(C)O3)C(C)O)cc2)cc1. The van der Waals surface area contributed by atoms with Crippen LogP contribution in [0.4, 0.5) is 0 Å². The van der Waals surface area contributed by atoms with Crippen LogP contribution in [0, 0.1) is 17.3 Å². The van der Waals surface area contributed by atoms with Gasteiger partial charge in [-0.25, -0.2) is 0 Å². The Morgan fingerprint density at radius 3 is 1.89 bits per heavy atom. The van der Waals surface area contributed by atoms with Gasteiger partial charge in [0.1, 0.15) is 24.2 Å². The Labute approximate surface area is 378 Å². The number of carbonyl (C=O) groups is 5. The first kappa shape index (κ1) is 50.6. The molecule has 1 saturated heterocycles. The molecule has 352 valence electrons. The highest BCUT2D eigenvalue weighted by atomic mass is 16.7. The minimum Gasteiger partial charge on any atom is -0.403 e. The molecule has 1 aliphatic heterocycles. The largest absolute Gasteiger partial charge is 0.497 e. The molecular weight excluding hydrogens is 817 g/mol. The van der Waals surface area contributed by atoms with E-state index in [2.05, 4.69) is 71.6 Å². The van der Waals surface area contributed by atoms with Crippen LogP contribution >= 0.6 is 0 Å². The maximum Gasteiger partial charge on any atom is 0.497 e. The maximum absolute atomic E-state index is 13.7. The summed E-state index contributed by atoms with van der Waals surface area (Å²) in [6.45, 7) is 10.7. The first-order chi connectivity index (χ1) is 30.4. The number of nitrogens with two attached hydrogens (primary N) is 4. The van der Waals surface area contributed by atoms with Crippen molar-refractivity contribution in [1.82, 2.24) is 26.6 Å². The molecule has 2 unspecified atom stereocenters. The molecule has 0 spiro atoms. The van der Waals surface area contributed by atoms with Crippen molar-refractivity contribution in [1.29, 1.82) is 0 Å². The van der Waals surface area contributed by atoms with E-state index in [0.717, 1.165) is 43.2 Å². The molecule has 0 radical (unpaired) electrons. The van der Waals surface area contributed by atoms with E-state index >= 15 is 0 Å². The molecule has 64 heavy (non-hydrogen) atoms. The number of aliphatic hydroxyl groups excluding tert-OH is 1. The lowest BCUT2D eigenvalue weighted by Crippen LogP contribution is -2.65. The van der Waals surface area contributed by atoms with Gasteiger partial charge in [-0.15, -0.1) is 0 Å². The Morgan fingerprint density at radius 1 is 0.750 bits per heavy atom. The minimum atomic E-state index is -1.69. The third-order valence-electron chi connectivity index (χ3n) is 13.6. The molecule has 3 saturated carbocycles. The van der Waals surface area contributed by atoms with Crippen LogP contribution in [-0.4, -0.2) is 103 Å². The van der Waals surface area contributed by atoms with Crippen LogP contribution in [-0.2, 0) is 34.9 Å². The molecule has 17 nitrogen and oxygen atoms in total. The highest BCUT2D eigenvalue weighted by Gasteiger charge is 2.68. The number of hydrogen-bond donors (Lipinski definition) is 10. The van der Waals surface area contributed by atoms with Gasteiger partial charge < -0.3 is 63.9 Å². The molecule has 2 aromatic rings. The summed E-state index contributed by atoms with van der Waals surface area (Å²) >= 11 is 0. The molecule has 2 bridgehead atoms. The van der Waals surface area contributed by atoms with Gasteiger partial charge in [0.15, 0.2) is 6.17 Å². The van der Waals surface area contributed by atoms with Crippen LogP contribution in [0.25, 0.3) is 11.1 Å². The van der Waals surface area contributed by atoms with E-state index in [9.17, 15) is 29.1 Å². The second-order valence-electron chi connectivity index (χ2n) is 18.6. The first-order valence-corrected chi connectivity index (χ1v) is 23.1. The lowest BCUT2D eigenvalue weighted by Gasteiger charge is -2.64. The standard InChI is InChI=1S/C46H72BN9O8/c1-6-7-12-28-15-17-29(18-16-28)30-19-21-31(22-20-30)39(58)52-33(13-8-10-23-48)40(59)54-37(27(2)57)42(61)55-38(50)43(62)53-34(14-9-11-24-49)41(60)56-44(51)47-63-36-26-32-25-35(45(32,3)4)46(36,5)64-47/h15-22,27,32-38,44,57H,6-14,23-26,48-51H2,1-5H3,(H,52,58)(H,53,62)(H,54,59)(H,55,61)(H,56,60)/t27?,32-,33-,34-,35-,36?,37-,38+,44+,46-/m0/s1. The van der Waals surface area contributed by atoms with E-state index in [1.54, 1.807) is 12.1 Å². The van der Waals surface area contributed by atoms with Gasteiger partial charge in [0.25, 0.3) is 11.8 Å². The molecule has 14 N–H and O–H groups in total. The lowest BCUT2D eigenvalue weighted by atomic mass is 9.43. The summed E-state index contributed by atoms with van der Waals surface area (Å²) in [4.78, 5) is 67.7. The number of aryl methyl sites for hydroxylation is 1. The zero-order valence-electron chi connectivity index (χ0n) is 38.2. The highest BCUT2D eigenvalue weighted by molar-refractivity contribution is 6.47. The number of rotatable bonds is 24. The zero-order valence-corrected chi connectivity index (χ0v) is 38.2. The van der Waals surface area contributed by atoms with Crippen molar-refractivity contribution in [3.8, 4) is 11.1 Å². The van der Waals surface area contributed by atoms with Gasteiger partial charge >= 0.3 is 7.12 Å². The Bertz CT molecular complexity index is 1900. The van der Waals surface area contributed by atoms with Gasteiger partial charge in [-0.3, -0.25) is 24.0 Å². The van der Waals surface area contributed by atoms with Crippen LogP contribution < -0.4 is 49.5 Å². The number of aliphatic hydroxyl groups is 1. The van der Waals surface area contributed by atoms with Crippen molar-refractivity contribution in [2.45, 2.75) is 153 Å². The number of carbonyl (C=O) groups excluding carboxylic acids is 5. The Balaban J connectivity index is 1.17. The molecule has 6 rings (SSSR count). The molecule has 0 aromatic heterocycles. The van der Waals surface area contributed by atoms with Crippen molar-refractivity contribution in [2.75, 3.05) is 13.1 Å². The van der Waals surface area contributed by atoms with Gasteiger partial charge in [-0.05, 0) is 137 Å². The first-order valence-electron chi connectivity index (χ1n) is 23.1. The third kappa shape index (κ3) is 12.3. The van der Waals surface area contributed by atoms with Crippen LogP contribution in [0.5, 0.6) is 0 Å². The van der Waals surface area contributed by atoms with Crippen LogP contribution in [0.2, 0.25) is 0 Å². The maximum atomic E-state index is 13.7.